The van der Waals surface area contributed by atoms with Gasteiger partial charge in [0.1, 0.15) is 0 Å². The van der Waals surface area contributed by atoms with E-state index in [2.05, 4.69) is 6.92 Å². The van der Waals surface area contributed by atoms with Gasteiger partial charge in [-0.05, 0) is 59.9 Å². The topological polar surface area (TPSA) is 104 Å². The summed E-state index contributed by atoms with van der Waals surface area (Å²) >= 11 is 0. The number of benzene rings is 2. The van der Waals surface area contributed by atoms with Crippen molar-refractivity contribution in [2.75, 3.05) is 22.9 Å². The third-order valence-electron chi connectivity index (χ3n) is 3.42. The SMILES string of the molecule is CCc1c(N)cc(N)cc1-c1cc(N)cc(N)c1C. The van der Waals surface area contributed by atoms with E-state index in [0.717, 1.165) is 28.7 Å². The van der Waals surface area contributed by atoms with Gasteiger partial charge in [0.15, 0.2) is 0 Å². The molecule has 0 saturated carbocycles. The standard InChI is InChI=1S/C15H20N4/c1-3-11-13(5-10(17)7-15(11)19)12-4-9(16)6-14(18)8(12)2/h4-7H,3,16-19H2,1-2H3. The normalized spacial score (nSPS) is 10.6. The Morgan fingerprint density at radius 3 is 1.89 bits per heavy atom. The van der Waals surface area contributed by atoms with Gasteiger partial charge in [-0.2, -0.15) is 0 Å². The molecule has 100 valence electrons. The molecule has 0 fully saturated rings. The predicted octanol–water partition coefficient (Wildman–Crippen LogP) is 2.55. The molecule has 0 amide bonds. The monoisotopic (exact) mass is 256 g/mol. The van der Waals surface area contributed by atoms with E-state index in [0.29, 0.717) is 22.7 Å². The molecule has 2 aromatic carbocycles. The summed E-state index contributed by atoms with van der Waals surface area (Å²) in [6.07, 6.45) is 0.829. The average Bonchev–Trinajstić information content (AvgIpc) is 2.33. The van der Waals surface area contributed by atoms with Crippen molar-refractivity contribution in [3.8, 4) is 11.1 Å². The Morgan fingerprint density at radius 2 is 1.32 bits per heavy atom. The molecule has 0 aliphatic carbocycles. The molecule has 4 heteroatoms. The van der Waals surface area contributed by atoms with E-state index in [-0.39, 0.29) is 0 Å². The summed E-state index contributed by atoms with van der Waals surface area (Å²) in [5.41, 5.74) is 30.6. The zero-order valence-corrected chi connectivity index (χ0v) is 11.3. The first kappa shape index (κ1) is 13.1. The summed E-state index contributed by atoms with van der Waals surface area (Å²) in [4.78, 5) is 0. The molecule has 0 aliphatic heterocycles. The second kappa shape index (κ2) is 4.72. The van der Waals surface area contributed by atoms with Gasteiger partial charge in [0.25, 0.3) is 0 Å². The third-order valence-corrected chi connectivity index (χ3v) is 3.42. The number of nitrogen functional groups attached to an aromatic ring is 4. The van der Waals surface area contributed by atoms with Crippen molar-refractivity contribution in [3.05, 3.63) is 35.4 Å². The number of hydrogen-bond acceptors (Lipinski definition) is 4. The molecule has 0 saturated heterocycles. The maximum absolute atomic E-state index is 6.05. The first-order valence-electron chi connectivity index (χ1n) is 6.27. The highest BCUT2D eigenvalue weighted by Crippen LogP contribution is 2.36. The van der Waals surface area contributed by atoms with Crippen molar-refractivity contribution >= 4 is 22.7 Å². The average molecular weight is 256 g/mol. The fourth-order valence-electron chi connectivity index (χ4n) is 2.39. The minimum Gasteiger partial charge on any atom is -0.399 e. The Bertz CT molecular complexity index is 633. The summed E-state index contributed by atoms with van der Waals surface area (Å²) in [7, 11) is 0. The number of anilines is 4. The van der Waals surface area contributed by atoms with Gasteiger partial charge in [-0.1, -0.05) is 6.92 Å². The molecule has 0 heterocycles. The van der Waals surface area contributed by atoms with Crippen molar-refractivity contribution in [1.29, 1.82) is 0 Å². The number of nitrogens with two attached hydrogens (primary N) is 4. The summed E-state index contributed by atoms with van der Waals surface area (Å²) < 4.78 is 0. The van der Waals surface area contributed by atoms with Crippen LogP contribution < -0.4 is 22.9 Å². The van der Waals surface area contributed by atoms with Crippen molar-refractivity contribution in [3.63, 3.8) is 0 Å². The maximum Gasteiger partial charge on any atom is 0.0373 e. The lowest BCUT2D eigenvalue weighted by Crippen LogP contribution is -2.02. The van der Waals surface area contributed by atoms with E-state index in [9.17, 15) is 0 Å². The highest BCUT2D eigenvalue weighted by molar-refractivity contribution is 5.83. The van der Waals surface area contributed by atoms with Gasteiger partial charge < -0.3 is 22.9 Å². The smallest absolute Gasteiger partial charge is 0.0373 e. The molecular weight excluding hydrogens is 236 g/mol. The first-order valence-corrected chi connectivity index (χ1v) is 6.27. The lowest BCUT2D eigenvalue weighted by atomic mass is 9.92. The van der Waals surface area contributed by atoms with Crippen molar-refractivity contribution in [1.82, 2.24) is 0 Å². The molecule has 0 aliphatic rings. The number of rotatable bonds is 2. The van der Waals surface area contributed by atoms with E-state index in [4.69, 9.17) is 22.9 Å². The van der Waals surface area contributed by atoms with Crippen LogP contribution >= 0.6 is 0 Å². The molecule has 4 nitrogen and oxygen atoms in total. The molecule has 0 spiro atoms. The van der Waals surface area contributed by atoms with Crippen LogP contribution in [0.3, 0.4) is 0 Å². The van der Waals surface area contributed by atoms with Crippen molar-refractivity contribution in [2.45, 2.75) is 20.3 Å². The van der Waals surface area contributed by atoms with E-state index >= 15 is 0 Å². The van der Waals surface area contributed by atoms with Crippen LogP contribution in [0, 0.1) is 6.92 Å². The molecule has 19 heavy (non-hydrogen) atoms. The fraction of sp³-hybridized carbons (Fsp3) is 0.200. The Kier molecular flexibility index (Phi) is 3.25. The first-order chi connectivity index (χ1) is 8.93. The highest BCUT2D eigenvalue weighted by Gasteiger charge is 2.13. The summed E-state index contributed by atoms with van der Waals surface area (Å²) in [5.74, 6) is 0. The molecule has 2 rings (SSSR count). The quantitative estimate of drug-likeness (QED) is 0.620. The summed E-state index contributed by atoms with van der Waals surface area (Å²) in [6.45, 7) is 4.04. The largest absolute Gasteiger partial charge is 0.399 e. The Hall–Kier alpha value is -2.36. The van der Waals surface area contributed by atoms with Crippen molar-refractivity contribution in [2.24, 2.45) is 0 Å². The van der Waals surface area contributed by atoms with E-state index in [1.807, 2.05) is 19.1 Å². The molecular formula is C15H20N4. The molecule has 0 bridgehead atoms. The van der Waals surface area contributed by atoms with Crippen molar-refractivity contribution < 1.29 is 0 Å². The van der Waals surface area contributed by atoms with Crippen LogP contribution in [0.5, 0.6) is 0 Å². The van der Waals surface area contributed by atoms with Crippen LogP contribution in [-0.2, 0) is 6.42 Å². The summed E-state index contributed by atoms with van der Waals surface area (Å²) in [6, 6.07) is 7.39. The minimum atomic E-state index is 0.640. The maximum atomic E-state index is 6.05. The zero-order valence-electron chi connectivity index (χ0n) is 11.3. The second-order valence-electron chi connectivity index (χ2n) is 4.77. The van der Waals surface area contributed by atoms with Crippen LogP contribution in [0.2, 0.25) is 0 Å². The van der Waals surface area contributed by atoms with Gasteiger partial charge in [-0.25, -0.2) is 0 Å². The minimum absolute atomic E-state index is 0.640. The third kappa shape index (κ3) is 2.29. The van der Waals surface area contributed by atoms with Gasteiger partial charge in [0, 0.05) is 22.7 Å². The Morgan fingerprint density at radius 1 is 0.789 bits per heavy atom. The lowest BCUT2D eigenvalue weighted by Gasteiger charge is -2.16. The second-order valence-corrected chi connectivity index (χ2v) is 4.77. The molecule has 2 aromatic rings. The van der Waals surface area contributed by atoms with E-state index in [1.165, 1.54) is 0 Å². The Balaban J connectivity index is 2.78. The molecule has 8 N–H and O–H groups in total. The van der Waals surface area contributed by atoms with Crippen LogP contribution in [0.15, 0.2) is 24.3 Å². The molecule has 0 radical (unpaired) electrons. The van der Waals surface area contributed by atoms with Gasteiger partial charge in [0.2, 0.25) is 0 Å². The lowest BCUT2D eigenvalue weighted by molar-refractivity contribution is 1.15. The van der Waals surface area contributed by atoms with Crippen LogP contribution in [-0.4, -0.2) is 0 Å². The molecule has 0 aromatic heterocycles. The molecule has 0 atom stereocenters. The van der Waals surface area contributed by atoms with Crippen LogP contribution in [0.4, 0.5) is 22.7 Å². The van der Waals surface area contributed by atoms with Crippen LogP contribution in [0.1, 0.15) is 18.1 Å². The fourth-order valence-corrected chi connectivity index (χ4v) is 2.39. The Labute approximate surface area is 113 Å². The molecule has 0 unspecified atom stereocenters. The van der Waals surface area contributed by atoms with E-state index in [1.54, 1.807) is 12.1 Å². The zero-order chi connectivity index (χ0) is 14.2. The highest BCUT2D eigenvalue weighted by atomic mass is 14.6. The van der Waals surface area contributed by atoms with Gasteiger partial charge in [-0.15, -0.1) is 0 Å². The number of hydrogen-bond donors (Lipinski definition) is 4. The predicted molar refractivity (Wildman–Crippen MR) is 83.6 cm³/mol. The van der Waals surface area contributed by atoms with Gasteiger partial charge >= 0.3 is 0 Å². The van der Waals surface area contributed by atoms with Gasteiger partial charge in [-0.3, -0.25) is 0 Å². The van der Waals surface area contributed by atoms with Gasteiger partial charge in [0.05, 0.1) is 0 Å². The summed E-state index contributed by atoms with van der Waals surface area (Å²) in [5, 5.41) is 0. The van der Waals surface area contributed by atoms with Crippen LogP contribution in [0.25, 0.3) is 11.1 Å². The van der Waals surface area contributed by atoms with E-state index < -0.39 is 0 Å².